The Kier molecular flexibility index (Phi) is 3.39. The maximum atomic E-state index is 12.2. The molecule has 0 heterocycles. The maximum absolute atomic E-state index is 12.2. The molecule has 2 aromatic rings. The Morgan fingerprint density at radius 2 is 1.84 bits per heavy atom. The molecule has 1 saturated carbocycles. The molecule has 0 bridgehead atoms. The van der Waals surface area contributed by atoms with E-state index in [1.54, 1.807) is 0 Å². The molecule has 4 heteroatoms. The van der Waals surface area contributed by atoms with E-state index in [-0.39, 0.29) is 11.4 Å². The van der Waals surface area contributed by atoms with E-state index in [2.05, 4.69) is 43.2 Å². The molecule has 0 unspecified atom stereocenters. The van der Waals surface area contributed by atoms with Crippen LogP contribution in [-0.4, -0.2) is 16.8 Å². The normalized spacial score (nSPS) is 16.3. The molecule has 0 atom stereocenters. The summed E-state index contributed by atoms with van der Waals surface area (Å²) in [6, 6.07) is 11.9. The summed E-state index contributed by atoms with van der Waals surface area (Å²) in [7, 11) is 0. The molecule has 0 aromatic heterocycles. The lowest BCUT2D eigenvalue weighted by Crippen LogP contribution is -2.38. The number of carbonyl (C=O) groups excluding carboxylic acids is 1. The molecule has 2 nitrogen and oxygen atoms in total. The van der Waals surface area contributed by atoms with Crippen molar-refractivity contribution in [1.82, 2.24) is 5.32 Å². The van der Waals surface area contributed by atoms with Crippen LogP contribution in [0, 0.1) is 0 Å². The first kappa shape index (κ1) is 13.1. The number of alkyl halides is 1. The predicted octanol–water partition coefficient (Wildman–Crippen LogP) is 4.26. The fourth-order valence-electron chi connectivity index (χ4n) is 2.11. The predicted molar refractivity (Wildman–Crippen MR) is 84.9 cm³/mol. The molecule has 2 aromatic carbocycles. The molecule has 1 aliphatic rings. The second-order valence-corrected chi connectivity index (χ2v) is 6.55. The average Bonchev–Trinajstić information content (AvgIpc) is 3.18. The Bertz CT molecular complexity index is 650. The van der Waals surface area contributed by atoms with Crippen LogP contribution in [0.2, 0.25) is 0 Å². The smallest absolute Gasteiger partial charge is 0.251 e. The summed E-state index contributed by atoms with van der Waals surface area (Å²) in [6.07, 6.45) is 2.12. The van der Waals surface area contributed by atoms with Crippen molar-refractivity contribution in [2.75, 3.05) is 5.33 Å². The van der Waals surface area contributed by atoms with Gasteiger partial charge in [-0.15, -0.1) is 0 Å². The maximum Gasteiger partial charge on any atom is 0.251 e. The molecule has 19 heavy (non-hydrogen) atoms. The molecule has 1 N–H and O–H groups in total. The van der Waals surface area contributed by atoms with Gasteiger partial charge in [0.1, 0.15) is 0 Å². The lowest BCUT2D eigenvalue weighted by atomic mass is 10.1. The lowest BCUT2D eigenvalue weighted by molar-refractivity contribution is 0.0936. The van der Waals surface area contributed by atoms with Gasteiger partial charge in [0, 0.05) is 15.4 Å². The zero-order chi connectivity index (χ0) is 13.5. The Balaban J connectivity index is 1.88. The van der Waals surface area contributed by atoms with Crippen molar-refractivity contribution in [2.45, 2.75) is 18.4 Å². The first-order valence-corrected chi connectivity index (χ1v) is 8.11. The molecule has 98 valence electrons. The largest absolute Gasteiger partial charge is 0.346 e. The Morgan fingerprint density at radius 3 is 2.53 bits per heavy atom. The second-order valence-electron chi connectivity index (χ2n) is 5.07. The first-order chi connectivity index (χ1) is 9.12. The second kappa shape index (κ2) is 4.91. The van der Waals surface area contributed by atoms with E-state index >= 15 is 0 Å². The van der Waals surface area contributed by atoms with Gasteiger partial charge in [-0.3, -0.25) is 4.79 Å². The van der Waals surface area contributed by atoms with Crippen LogP contribution in [0.15, 0.2) is 40.9 Å². The quantitative estimate of drug-likeness (QED) is 0.789. The third-order valence-electron chi connectivity index (χ3n) is 3.55. The monoisotopic (exact) mass is 381 g/mol. The van der Waals surface area contributed by atoms with Crippen LogP contribution < -0.4 is 5.32 Å². The highest BCUT2D eigenvalue weighted by Gasteiger charge is 2.42. The van der Waals surface area contributed by atoms with E-state index in [9.17, 15) is 4.79 Å². The third kappa shape index (κ3) is 2.70. The minimum Gasteiger partial charge on any atom is -0.346 e. The first-order valence-electron chi connectivity index (χ1n) is 6.20. The Labute approximate surface area is 128 Å². The van der Waals surface area contributed by atoms with Gasteiger partial charge in [0.05, 0.1) is 5.54 Å². The van der Waals surface area contributed by atoms with E-state index < -0.39 is 0 Å². The topological polar surface area (TPSA) is 29.1 Å². The van der Waals surface area contributed by atoms with E-state index in [1.807, 2.05) is 30.3 Å². The summed E-state index contributed by atoms with van der Waals surface area (Å²) >= 11 is 6.91. The standard InChI is InChI=1S/C15H13Br2NO/c16-9-15(5-6-15)18-14(19)12-2-1-11-8-13(17)4-3-10(11)7-12/h1-4,7-8H,5-6,9H2,(H,18,19). The molecule has 1 aliphatic carbocycles. The number of carbonyl (C=O) groups is 1. The zero-order valence-corrected chi connectivity index (χ0v) is 13.4. The summed E-state index contributed by atoms with van der Waals surface area (Å²) in [6.45, 7) is 0. The van der Waals surface area contributed by atoms with Crippen molar-refractivity contribution in [2.24, 2.45) is 0 Å². The average molecular weight is 383 g/mol. The molecule has 0 aliphatic heterocycles. The molecular formula is C15H13Br2NO. The minimum absolute atomic E-state index is 0.00818. The number of halogens is 2. The lowest BCUT2D eigenvalue weighted by Gasteiger charge is -2.14. The van der Waals surface area contributed by atoms with Gasteiger partial charge in [0.2, 0.25) is 0 Å². The number of fused-ring (bicyclic) bond motifs is 1. The summed E-state index contributed by atoms with van der Waals surface area (Å²) in [5.41, 5.74) is 0.716. The van der Waals surface area contributed by atoms with Crippen molar-refractivity contribution in [3.8, 4) is 0 Å². The number of hydrogen-bond donors (Lipinski definition) is 1. The fraction of sp³-hybridized carbons (Fsp3) is 0.267. The van der Waals surface area contributed by atoms with Gasteiger partial charge in [-0.25, -0.2) is 0 Å². The van der Waals surface area contributed by atoms with Crippen LogP contribution in [0.25, 0.3) is 10.8 Å². The summed E-state index contributed by atoms with van der Waals surface area (Å²) in [5.74, 6) is 0.0155. The third-order valence-corrected chi connectivity index (χ3v) is 5.12. The van der Waals surface area contributed by atoms with E-state index in [0.717, 1.165) is 39.0 Å². The summed E-state index contributed by atoms with van der Waals surface area (Å²) in [4.78, 5) is 12.2. The number of hydrogen-bond acceptors (Lipinski definition) is 1. The van der Waals surface area contributed by atoms with Crippen LogP contribution >= 0.6 is 31.9 Å². The van der Waals surface area contributed by atoms with Crippen LogP contribution in [0.4, 0.5) is 0 Å². The fourth-order valence-corrected chi connectivity index (χ4v) is 3.19. The van der Waals surface area contributed by atoms with Gasteiger partial charge in [-0.1, -0.05) is 44.0 Å². The van der Waals surface area contributed by atoms with Gasteiger partial charge in [-0.05, 0) is 47.9 Å². The number of nitrogens with one attached hydrogen (secondary N) is 1. The highest BCUT2D eigenvalue weighted by atomic mass is 79.9. The van der Waals surface area contributed by atoms with Crippen molar-refractivity contribution >= 4 is 48.5 Å². The van der Waals surface area contributed by atoms with Crippen LogP contribution in [0.3, 0.4) is 0 Å². The molecule has 0 radical (unpaired) electrons. The Morgan fingerprint density at radius 1 is 1.16 bits per heavy atom. The summed E-state index contributed by atoms with van der Waals surface area (Å²) < 4.78 is 1.05. The summed E-state index contributed by atoms with van der Waals surface area (Å²) in [5, 5.41) is 6.15. The molecular weight excluding hydrogens is 370 g/mol. The van der Waals surface area contributed by atoms with Crippen LogP contribution in [0.1, 0.15) is 23.2 Å². The minimum atomic E-state index is -0.00818. The van der Waals surface area contributed by atoms with Gasteiger partial charge in [0.25, 0.3) is 5.91 Å². The van der Waals surface area contributed by atoms with E-state index in [1.165, 1.54) is 0 Å². The van der Waals surface area contributed by atoms with Crippen LogP contribution in [-0.2, 0) is 0 Å². The molecule has 1 amide bonds. The van der Waals surface area contributed by atoms with E-state index in [0.29, 0.717) is 0 Å². The van der Waals surface area contributed by atoms with Crippen molar-refractivity contribution in [1.29, 1.82) is 0 Å². The highest BCUT2D eigenvalue weighted by molar-refractivity contribution is 9.10. The van der Waals surface area contributed by atoms with Crippen LogP contribution in [0.5, 0.6) is 0 Å². The van der Waals surface area contributed by atoms with Gasteiger partial charge in [0.15, 0.2) is 0 Å². The zero-order valence-electron chi connectivity index (χ0n) is 10.2. The van der Waals surface area contributed by atoms with Crippen molar-refractivity contribution in [3.05, 3.63) is 46.4 Å². The number of rotatable bonds is 3. The highest BCUT2D eigenvalue weighted by Crippen LogP contribution is 2.37. The van der Waals surface area contributed by atoms with Gasteiger partial charge < -0.3 is 5.32 Å². The molecule has 0 saturated heterocycles. The SMILES string of the molecule is O=C(NC1(CBr)CC1)c1ccc2cc(Br)ccc2c1. The molecule has 3 rings (SSSR count). The number of benzene rings is 2. The van der Waals surface area contributed by atoms with Gasteiger partial charge in [-0.2, -0.15) is 0 Å². The van der Waals surface area contributed by atoms with Gasteiger partial charge >= 0.3 is 0 Å². The van der Waals surface area contributed by atoms with Crippen molar-refractivity contribution < 1.29 is 4.79 Å². The van der Waals surface area contributed by atoms with Crippen molar-refractivity contribution in [3.63, 3.8) is 0 Å². The molecule has 1 fully saturated rings. The molecule has 0 spiro atoms. The Hall–Kier alpha value is -0.870. The van der Waals surface area contributed by atoms with E-state index in [4.69, 9.17) is 0 Å². The number of amides is 1.